The van der Waals surface area contributed by atoms with E-state index in [1.165, 1.54) is 11.1 Å². The molecule has 0 aromatic carbocycles. The van der Waals surface area contributed by atoms with E-state index in [0.717, 1.165) is 0 Å². The summed E-state index contributed by atoms with van der Waals surface area (Å²) in [5.74, 6) is 0.648. The Balaban J connectivity index is 1.90. The third-order valence-electron chi connectivity index (χ3n) is 4.83. The number of anilines is 1. The molecule has 31 heavy (non-hydrogen) atoms. The summed E-state index contributed by atoms with van der Waals surface area (Å²) in [6.07, 6.45) is 0.564. The third kappa shape index (κ3) is 7.90. The third-order valence-corrected chi connectivity index (χ3v) is 4.83. The van der Waals surface area contributed by atoms with Gasteiger partial charge in [-0.05, 0) is 26.2 Å². The lowest BCUT2D eigenvalue weighted by molar-refractivity contribution is 0.0200. The average molecular weight is 434 g/mol. The van der Waals surface area contributed by atoms with Gasteiger partial charge in [0.1, 0.15) is 11.7 Å². The molecule has 1 saturated heterocycles. The summed E-state index contributed by atoms with van der Waals surface area (Å²) in [6.45, 7) is 11.1. The average Bonchev–Trinajstić information content (AvgIpc) is 2.71. The van der Waals surface area contributed by atoms with Crippen LogP contribution in [0.15, 0.2) is 12.3 Å². The second kappa shape index (κ2) is 10.8. The van der Waals surface area contributed by atoms with E-state index in [4.69, 9.17) is 15.1 Å². The predicted molar refractivity (Wildman–Crippen MR) is 113 cm³/mol. The molecule has 1 aliphatic rings. The fourth-order valence-corrected chi connectivity index (χ4v) is 3.14. The van der Waals surface area contributed by atoms with Crippen molar-refractivity contribution in [1.82, 2.24) is 25.2 Å². The van der Waals surface area contributed by atoms with Crippen molar-refractivity contribution < 1.29 is 19.4 Å². The Morgan fingerprint density at radius 3 is 2.61 bits per heavy atom. The van der Waals surface area contributed by atoms with Crippen LogP contribution >= 0.6 is 0 Å². The van der Waals surface area contributed by atoms with Crippen LogP contribution in [0.2, 0.25) is 0 Å². The van der Waals surface area contributed by atoms with Crippen molar-refractivity contribution in [2.45, 2.75) is 39.7 Å². The van der Waals surface area contributed by atoms with E-state index in [-0.39, 0.29) is 11.7 Å². The molecular weight excluding hydrogens is 402 g/mol. The van der Waals surface area contributed by atoms with Crippen molar-refractivity contribution in [3.8, 4) is 6.07 Å². The highest BCUT2D eigenvalue weighted by Gasteiger charge is 2.27. The van der Waals surface area contributed by atoms with Crippen LogP contribution in [0, 0.1) is 17.2 Å². The first kappa shape index (κ1) is 24.1. The second-order valence-corrected chi connectivity index (χ2v) is 8.48. The number of hydrogen-bond donors (Lipinski definition) is 2. The maximum Gasteiger partial charge on any atom is 0.426 e. The first-order valence-electron chi connectivity index (χ1n) is 10.3. The smallest absolute Gasteiger partial charge is 0.426 e. The second-order valence-electron chi connectivity index (χ2n) is 8.48. The highest BCUT2D eigenvalue weighted by molar-refractivity contribution is 5.70. The zero-order chi connectivity index (χ0) is 23.0. The van der Waals surface area contributed by atoms with Gasteiger partial charge in [0.25, 0.3) is 0 Å². The summed E-state index contributed by atoms with van der Waals surface area (Å²) in [5, 5.41) is 19.6. The van der Waals surface area contributed by atoms with Gasteiger partial charge in [0.05, 0.1) is 0 Å². The standard InChI is InChI=1S/C20H31N7O4/c1-15(2)14-27(17-5-7-22-16(13-21)23-17)24-18(28)31-20(3,4)6-8-25-9-11-26(12-10-25)19(29)30/h5,7,15H,6,8-12,14H2,1-4H3,(H,24,28)(H,29,30). The molecule has 0 unspecified atom stereocenters. The SMILES string of the molecule is CC(C)CN(NC(=O)OC(C)(C)CCN1CCN(C(=O)O)CC1)c1ccnc(C#N)n1. The first-order valence-corrected chi connectivity index (χ1v) is 10.3. The highest BCUT2D eigenvalue weighted by Crippen LogP contribution is 2.17. The minimum absolute atomic E-state index is 0.0183. The van der Waals surface area contributed by atoms with Crippen LogP contribution in [0.5, 0.6) is 0 Å². The summed E-state index contributed by atoms with van der Waals surface area (Å²) in [4.78, 5) is 35.2. The zero-order valence-electron chi connectivity index (χ0n) is 18.5. The molecule has 2 N–H and O–H groups in total. The summed E-state index contributed by atoms with van der Waals surface area (Å²) >= 11 is 0. The molecule has 0 atom stereocenters. The molecule has 0 saturated carbocycles. The zero-order valence-corrected chi connectivity index (χ0v) is 18.5. The number of carboxylic acid groups (broad SMARTS) is 1. The number of nitrogens with zero attached hydrogens (tertiary/aromatic N) is 6. The molecule has 11 nitrogen and oxygen atoms in total. The predicted octanol–water partition coefficient (Wildman–Crippen LogP) is 1.92. The van der Waals surface area contributed by atoms with E-state index >= 15 is 0 Å². The van der Waals surface area contributed by atoms with Gasteiger partial charge >= 0.3 is 12.2 Å². The lowest BCUT2D eigenvalue weighted by Crippen LogP contribution is -2.50. The van der Waals surface area contributed by atoms with Crippen LogP contribution in [0.4, 0.5) is 15.4 Å². The first-order chi connectivity index (χ1) is 14.6. The maximum atomic E-state index is 12.6. The van der Waals surface area contributed by atoms with Gasteiger partial charge < -0.3 is 14.7 Å². The van der Waals surface area contributed by atoms with Crippen molar-refractivity contribution in [3.63, 3.8) is 0 Å². The summed E-state index contributed by atoms with van der Waals surface area (Å²) in [6, 6.07) is 3.51. The molecule has 170 valence electrons. The Morgan fingerprint density at radius 2 is 2.03 bits per heavy atom. The van der Waals surface area contributed by atoms with E-state index in [0.29, 0.717) is 51.5 Å². The number of hydrogen-bond acceptors (Lipinski definition) is 8. The number of nitriles is 1. The minimum atomic E-state index is -0.892. The summed E-state index contributed by atoms with van der Waals surface area (Å²) in [7, 11) is 0. The summed E-state index contributed by atoms with van der Waals surface area (Å²) in [5.41, 5.74) is 1.99. The normalized spacial score (nSPS) is 14.8. The summed E-state index contributed by atoms with van der Waals surface area (Å²) < 4.78 is 5.65. The van der Waals surface area contributed by atoms with E-state index in [1.807, 2.05) is 33.8 Å². The highest BCUT2D eigenvalue weighted by atomic mass is 16.6. The van der Waals surface area contributed by atoms with Crippen molar-refractivity contribution in [2.24, 2.45) is 5.92 Å². The monoisotopic (exact) mass is 433 g/mol. The lowest BCUT2D eigenvalue weighted by atomic mass is 10.0. The van der Waals surface area contributed by atoms with E-state index in [9.17, 15) is 9.59 Å². The van der Waals surface area contributed by atoms with Gasteiger partial charge in [-0.1, -0.05) is 13.8 Å². The van der Waals surface area contributed by atoms with Crippen molar-refractivity contribution in [1.29, 1.82) is 5.26 Å². The van der Waals surface area contributed by atoms with Crippen molar-refractivity contribution >= 4 is 18.0 Å². The fraction of sp³-hybridized carbons (Fsp3) is 0.650. The molecule has 1 aromatic rings. The van der Waals surface area contributed by atoms with Gasteiger partial charge in [-0.3, -0.25) is 9.91 Å². The fourth-order valence-electron chi connectivity index (χ4n) is 3.14. The van der Waals surface area contributed by atoms with E-state index < -0.39 is 17.8 Å². The quantitative estimate of drug-likeness (QED) is 0.589. The molecule has 0 aliphatic carbocycles. The molecule has 0 radical (unpaired) electrons. The number of carbonyl (C=O) groups is 2. The molecule has 2 amide bonds. The number of piperazine rings is 1. The number of hydrazine groups is 1. The molecule has 0 spiro atoms. The molecule has 2 heterocycles. The van der Waals surface area contributed by atoms with Gasteiger partial charge in [-0.2, -0.15) is 10.2 Å². The van der Waals surface area contributed by atoms with Gasteiger partial charge in [0.2, 0.25) is 5.82 Å². The topological polar surface area (TPSA) is 135 Å². The van der Waals surface area contributed by atoms with Gasteiger partial charge in [0.15, 0.2) is 5.82 Å². The number of aromatic nitrogens is 2. The van der Waals surface area contributed by atoms with Crippen LogP contribution in [0.1, 0.15) is 39.9 Å². The number of ether oxygens (including phenoxy) is 1. The van der Waals surface area contributed by atoms with Crippen molar-refractivity contribution in [3.05, 3.63) is 18.1 Å². The Morgan fingerprint density at radius 1 is 1.35 bits per heavy atom. The Bertz CT molecular complexity index is 801. The maximum absolute atomic E-state index is 12.6. The minimum Gasteiger partial charge on any atom is -0.465 e. The lowest BCUT2D eigenvalue weighted by Gasteiger charge is -2.35. The Kier molecular flexibility index (Phi) is 8.38. The Labute approximate surface area is 182 Å². The number of rotatable bonds is 8. The molecule has 2 rings (SSSR count). The van der Waals surface area contributed by atoms with Crippen LogP contribution in [-0.2, 0) is 4.74 Å². The van der Waals surface area contributed by atoms with E-state index in [1.54, 1.807) is 11.1 Å². The molecule has 1 aromatic heterocycles. The van der Waals surface area contributed by atoms with E-state index in [2.05, 4.69) is 20.3 Å². The molecule has 1 aliphatic heterocycles. The van der Waals surface area contributed by atoms with Crippen LogP contribution < -0.4 is 10.4 Å². The van der Waals surface area contributed by atoms with Gasteiger partial charge in [0, 0.05) is 51.5 Å². The molecular formula is C20H31N7O4. The van der Waals surface area contributed by atoms with Crippen LogP contribution in [0.25, 0.3) is 0 Å². The number of amides is 2. The largest absolute Gasteiger partial charge is 0.465 e. The van der Waals surface area contributed by atoms with Gasteiger partial charge in [-0.15, -0.1) is 0 Å². The number of nitrogens with one attached hydrogen (secondary N) is 1. The molecule has 0 bridgehead atoms. The number of carbonyl (C=O) groups excluding carboxylic acids is 1. The molecule has 1 fully saturated rings. The van der Waals surface area contributed by atoms with Crippen LogP contribution in [-0.4, -0.2) is 81.9 Å². The van der Waals surface area contributed by atoms with Crippen molar-refractivity contribution in [2.75, 3.05) is 44.3 Å². The Hall–Kier alpha value is -3.13. The van der Waals surface area contributed by atoms with Crippen LogP contribution in [0.3, 0.4) is 0 Å². The molecule has 11 heteroatoms. The van der Waals surface area contributed by atoms with Gasteiger partial charge in [-0.25, -0.2) is 20.0 Å².